The van der Waals surface area contributed by atoms with Gasteiger partial charge in [-0.3, -0.25) is 9.78 Å². The highest BCUT2D eigenvalue weighted by Crippen LogP contribution is 2.45. The number of nitrogens with one attached hydrogen (secondary N) is 2. The van der Waals surface area contributed by atoms with Crippen molar-refractivity contribution < 1.29 is 14.3 Å². The van der Waals surface area contributed by atoms with E-state index < -0.39 is 0 Å². The highest BCUT2D eigenvalue weighted by atomic mass is 35.5. The number of amides is 1. The summed E-state index contributed by atoms with van der Waals surface area (Å²) in [6.07, 6.45) is 1.78. The highest BCUT2D eigenvalue weighted by Gasteiger charge is 2.42. The molecule has 1 amide bonds. The van der Waals surface area contributed by atoms with Gasteiger partial charge in [-0.25, -0.2) is 0 Å². The van der Waals surface area contributed by atoms with Gasteiger partial charge in [0.1, 0.15) is 12.4 Å². The number of nitrogens with zero attached hydrogens (tertiary/aromatic N) is 3. The van der Waals surface area contributed by atoms with Crippen LogP contribution in [0.15, 0.2) is 72.9 Å². The van der Waals surface area contributed by atoms with Gasteiger partial charge < -0.3 is 29.6 Å². The summed E-state index contributed by atoms with van der Waals surface area (Å²) in [5.41, 5.74) is 6.37. The molecule has 1 saturated heterocycles. The van der Waals surface area contributed by atoms with Crippen LogP contribution in [0.4, 0.5) is 11.4 Å². The van der Waals surface area contributed by atoms with Crippen LogP contribution in [-0.4, -0.2) is 41.4 Å². The van der Waals surface area contributed by atoms with Crippen LogP contribution in [0.3, 0.4) is 0 Å². The summed E-state index contributed by atoms with van der Waals surface area (Å²) in [6, 6.07) is 21.0. The lowest BCUT2D eigenvalue weighted by Crippen LogP contribution is -2.29. The summed E-state index contributed by atoms with van der Waals surface area (Å²) < 4.78 is 12.7. The van der Waals surface area contributed by atoms with Gasteiger partial charge in [0.15, 0.2) is 5.11 Å². The number of aromatic nitrogens is 2. The summed E-state index contributed by atoms with van der Waals surface area (Å²) in [5.74, 6) is 0.247. The summed E-state index contributed by atoms with van der Waals surface area (Å²) in [7, 11) is 3.04. The minimum Gasteiger partial charge on any atom is -0.495 e. The number of carbonyl (C=O) groups is 1. The average Bonchev–Trinajstić information content (AvgIpc) is 3.44. The number of methoxy groups -OCH3 is 2. The Labute approximate surface area is 243 Å². The van der Waals surface area contributed by atoms with E-state index >= 15 is 0 Å². The number of rotatable bonds is 8. The summed E-state index contributed by atoms with van der Waals surface area (Å²) in [5, 5.41) is 7.61. The largest absolute Gasteiger partial charge is 0.495 e. The molecule has 40 heavy (non-hydrogen) atoms. The van der Waals surface area contributed by atoms with Crippen LogP contribution in [0.1, 0.15) is 34.7 Å². The smallest absolute Gasteiger partial charge is 0.250 e. The molecule has 0 spiro atoms. The molecule has 0 saturated carbocycles. The maximum absolute atomic E-state index is 12.4. The number of hydrogen-bond donors (Lipinski definition) is 2. The molecule has 206 valence electrons. The lowest BCUT2D eigenvalue weighted by atomic mass is 9.96. The van der Waals surface area contributed by atoms with E-state index in [2.05, 4.69) is 45.0 Å². The zero-order valence-electron chi connectivity index (χ0n) is 22.6. The predicted octanol–water partition coefficient (Wildman–Crippen LogP) is 5.91. The molecule has 0 unspecified atom stereocenters. The van der Waals surface area contributed by atoms with E-state index in [9.17, 15) is 4.79 Å². The minimum atomic E-state index is -0.284. The molecule has 0 radical (unpaired) electrons. The lowest BCUT2D eigenvalue weighted by Gasteiger charge is -2.29. The van der Waals surface area contributed by atoms with E-state index in [4.69, 9.17) is 33.3 Å². The molecule has 8 nitrogen and oxygen atoms in total. The summed E-state index contributed by atoms with van der Waals surface area (Å²) in [6.45, 7) is 4.11. The number of anilines is 2. The Hall–Kier alpha value is -3.92. The fraction of sp³-hybridized carbons (Fsp3) is 0.233. The third-order valence-corrected chi connectivity index (χ3v) is 7.51. The highest BCUT2D eigenvalue weighted by molar-refractivity contribution is 7.80. The van der Waals surface area contributed by atoms with Crippen molar-refractivity contribution in [1.29, 1.82) is 0 Å². The lowest BCUT2D eigenvalue weighted by molar-refractivity contribution is -0.119. The number of benzene rings is 2. The topological polar surface area (TPSA) is 80.7 Å². The van der Waals surface area contributed by atoms with E-state index in [-0.39, 0.29) is 24.6 Å². The Morgan fingerprint density at radius 2 is 1.90 bits per heavy atom. The summed E-state index contributed by atoms with van der Waals surface area (Å²) in [4.78, 5) is 19.1. The average molecular weight is 576 g/mol. The van der Waals surface area contributed by atoms with Crippen molar-refractivity contribution >= 4 is 46.2 Å². The molecule has 5 rings (SSSR count). The number of thiocarbonyl (C=S) groups is 1. The second-order valence-electron chi connectivity index (χ2n) is 9.50. The van der Waals surface area contributed by atoms with Crippen LogP contribution in [-0.2, 0) is 9.53 Å². The zero-order valence-corrected chi connectivity index (χ0v) is 24.2. The first-order valence-corrected chi connectivity index (χ1v) is 13.5. The van der Waals surface area contributed by atoms with E-state index in [1.54, 1.807) is 13.3 Å². The first-order chi connectivity index (χ1) is 19.3. The maximum atomic E-state index is 12.4. The van der Waals surface area contributed by atoms with Crippen molar-refractivity contribution in [3.8, 4) is 11.4 Å². The van der Waals surface area contributed by atoms with Crippen molar-refractivity contribution in [2.45, 2.75) is 25.9 Å². The molecular weight excluding hydrogens is 546 g/mol. The van der Waals surface area contributed by atoms with Gasteiger partial charge in [-0.2, -0.15) is 0 Å². The first kappa shape index (κ1) is 27.6. The zero-order chi connectivity index (χ0) is 28.4. The number of aryl methyl sites for hydroxylation is 1. The molecule has 3 heterocycles. The number of halogens is 1. The molecule has 2 aromatic carbocycles. The molecule has 10 heteroatoms. The number of carbonyl (C=O) groups excluding carboxylic acids is 1. The Kier molecular flexibility index (Phi) is 8.07. The molecule has 4 aromatic rings. The molecule has 0 bridgehead atoms. The fourth-order valence-corrected chi connectivity index (χ4v) is 5.84. The Morgan fingerprint density at radius 1 is 1.07 bits per heavy atom. The molecule has 2 N–H and O–H groups in total. The van der Waals surface area contributed by atoms with Crippen LogP contribution in [0.2, 0.25) is 5.02 Å². The summed E-state index contributed by atoms with van der Waals surface area (Å²) >= 11 is 12.3. The molecule has 2 atom stereocenters. The molecule has 1 aliphatic rings. The SMILES string of the molecule is COCC(=O)Nc1cc(N2C(=S)N[C@H](c3ccccn3)[C@@H]2c2cc(C)n(-c3cccc(Cl)c3)c2C)ccc1OC. The van der Waals surface area contributed by atoms with Crippen LogP contribution in [0.5, 0.6) is 5.75 Å². The number of ether oxygens (including phenoxy) is 2. The Bertz CT molecular complexity index is 1560. The molecule has 0 aliphatic carbocycles. The fourth-order valence-electron chi connectivity index (χ4n) is 5.31. The van der Waals surface area contributed by atoms with E-state index in [1.165, 1.54) is 7.11 Å². The molecular formula is C30H30ClN5O3S. The molecule has 2 aromatic heterocycles. The van der Waals surface area contributed by atoms with Gasteiger partial charge >= 0.3 is 0 Å². The third-order valence-electron chi connectivity index (χ3n) is 6.96. The first-order valence-electron chi connectivity index (χ1n) is 12.7. The third kappa shape index (κ3) is 5.28. The van der Waals surface area contributed by atoms with E-state index in [1.807, 2.05) is 60.7 Å². The monoisotopic (exact) mass is 575 g/mol. The van der Waals surface area contributed by atoms with Gasteiger partial charge in [-0.05, 0) is 86.2 Å². The standard InChI is InChI=1S/C30H30ClN5O3S/c1-18-14-23(19(2)35(18)21-9-7-8-20(31)15-21)29-28(24-10-5-6-13-32-24)34-30(40)36(29)22-11-12-26(39-4)25(16-22)33-27(37)17-38-3/h5-16,28-29H,17H2,1-4H3,(H,33,37)(H,34,40)/t28-,29+/m1/s1. The van der Waals surface area contributed by atoms with Crippen LogP contribution >= 0.6 is 23.8 Å². The van der Waals surface area contributed by atoms with Crippen molar-refractivity contribution in [2.75, 3.05) is 31.0 Å². The van der Waals surface area contributed by atoms with E-state index in [0.29, 0.717) is 21.6 Å². The number of pyridine rings is 1. The van der Waals surface area contributed by atoms with Crippen LogP contribution in [0.25, 0.3) is 5.69 Å². The number of hydrogen-bond acceptors (Lipinski definition) is 5. The van der Waals surface area contributed by atoms with Crippen LogP contribution in [0, 0.1) is 13.8 Å². The second-order valence-corrected chi connectivity index (χ2v) is 10.3. The minimum absolute atomic E-state index is 0.0725. The van der Waals surface area contributed by atoms with Gasteiger partial charge in [0.05, 0.1) is 30.6 Å². The van der Waals surface area contributed by atoms with Crippen molar-refractivity contribution in [1.82, 2.24) is 14.9 Å². The normalized spacial score (nSPS) is 16.6. The Morgan fingerprint density at radius 3 is 2.60 bits per heavy atom. The van der Waals surface area contributed by atoms with Crippen LogP contribution < -0.4 is 20.3 Å². The van der Waals surface area contributed by atoms with E-state index in [0.717, 1.165) is 34.0 Å². The molecule has 1 aliphatic heterocycles. The second kappa shape index (κ2) is 11.7. The molecule has 1 fully saturated rings. The van der Waals surface area contributed by atoms with Gasteiger partial charge in [0.2, 0.25) is 5.91 Å². The van der Waals surface area contributed by atoms with Gasteiger partial charge in [-0.15, -0.1) is 0 Å². The quantitative estimate of drug-likeness (QED) is 0.253. The van der Waals surface area contributed by atoms with Gasteiger partial charge in [-0.1, -0.05) is 23.7 Å². The maximum Gasteiger partial charge on any atom is 0.250 e. The van der Waals surface area contributed by atoms with Crippen molar-refractivity contribution in [3.05, 3.63) is 101 Å². The Balaban J connectivity index is 1.65. The van der Waals surface area contributed by atoms with Crippen molar-refractivity contribution in [3.63, 3.8) is 0 Å². The van der Waals surface area contributed by atoms with Gasteiger partial charge in [0.25, 0.3) is 0 Å². The predicted molar refractivity (Wildman–Crippen MR) is 162 cm³/mol. The van der Waals surface area contributed by atoms with Gasteiger partial charge in [0, 0.05) is 41.1 Å². The van der Waals surface area contributed by atoms with Crippen molar-refractivity contribution in [2.24, 2.45) is 0 Å².